The van der Waals surface area contributed by atoms with E-state index >= 15 is 0 Å². The Morgan fingerprint density at radius 1 is 0.581 bits per heavy atom. The number of nitrogens with one attached hydrogen (secondary N) is 3. The average molecular weight is 432 g/mol. The molecule has 0 unspecified atom stereocenters. The van der Waals surface area contributed by atoms with Crippen LogP contribution in [0.3, 0.4) is 0 Å². The Bertz CT molecular complexity index is 869. The van der Waals surface area contributed by atoms with Crippen LogP contribution in [0, 0.1) is 0 Å². The van der Waals surface area contributed by atoms with Crippen LogP contribution in [0.15, 0.2) is 6.33 Å². The van der Waals surface area contributed by atoms with Crippen LogP contribution in [-0.4, -0.2) is 114 Å². The van der Waals surface area contributed by atoms with Crippen molar-refractivity contribution in [2.45, 2.75) is 0 Å². The van der Waals surface area contributed by atoms with E-state index in [1.807, 2.05) is 0 Å². The SMILES string of the molecule is c1nc(NN2CCOCC2)c2nc(NN3CCOCC3)nc(NN3CCOCC3)c2n1. The fraction of sp³-hybridized carbons (Fsp3) is 0.667. The summed E-state index contributed by atoms with van der Waals surface area (Å²) < 4.78 is 16.3. The minimum absolute atomic E-state index is 0.491. The molecule has 3 saturated heterocycles. The maximum absolute atomic E-state index is 5.46. The van der Waals surface area contributed by atoms with E-state index in [0.717, 1.165) is 39.3 Å². The van der Waals surface area contributed by atoms with Crippen LogP contribution < -0.4 is 16.3 Å². The van der Waals surface area contributed by atoms with Gasteiger partial charge >= 0.3 is 0 Å². The van der Waals surface area contributed by atoms with Crippen molar-refractivity contribution in [1.82, 2.24) is 35.0 Å². The first-order chi connectivity index (χ1) is 15.3. The fourth-order valence-electron chi connectivity index (χ4n) is 3.62. The third-order valence-electron chi connectivity index (χ3n) is 5.30. The number of fused-ring (bicyclic) bond motifs is 1. The Kier molecular flexibility index (Phi) is 6.48. The van der Waals surface area contributed by atoms with Crippen molar-refractivity contribution in [3.05, 3.63) is 6.33 Å². The average Bonchev–Trinajstić information content (AvgIpc) is 2.82. The predicted octanol–water partition coefficient (Wildman–Crippen LogP) is -0.603. The highest BCUT2D eigenvalue weighted by Gasteiger charge is 2.20. The summed E-state index contributed by atoms with van der Waals surface area (Å²) in [5.74, 6) is 1.77. The second-order valence-corrected chi connectivity index (χ2v) is 7.45. The molecule has 31 heavy (non-hydrogen) atoms. The van der Waals surface area contributed by atoms with Crippen LogP contribution in [0.2, 0.25) is 0 Å². The molecule has 5 rings (SSSR count). The highest BCUT2D eigenvalue weighted by atomic mass is 16.5. The number of morpholine rings is 3. The van der Waals surface area contributed by atoms with Gasteiger partial charge in [-0.15, -0.1) is 0 Å². The van der Waals surface area contributed by atoms with E-state index in [0.29, 0.717) is 68.3 Å². The van der Waals surface area contributed by atoms with Crippen LogP contribution in [-0.2, 0) is 14.2 Å². The van der Waals surface area contributed by atoms with E-state index in [4.69, 9.17) is 24.2 Å². The first kappa shape index (κ1) is 20.5. The summed E-state index contributed by atoms with van der Waals surface area (Å²) in [6, 6.07) is 0. The van der Waals surface area contributed by atoms with Crippen molar-refractivity contribution in [3.8, 4) is 0 Å². The third-order valence-corrected chi connectivity index (χ3v) is 5.30. The quantitative estimate of drug-likeness (QED) is 0.538. The van der Waals surface area contributed by atoms with Crippen molar-refractivity contribution < 1.29 is 14.2 Å². The number of anilines is 3. The molecule has 3 N–H and O–H groups in total. The van der Waals surface area contributed by atoms with Crippen molar-refractivity contribution in [3.63, 3.8) is 0 Å². The molecule has 0 radical (unpaired) electrons. The number of rotatable bonds is 6. The van der Waals surface area contributed by atoms with E-state index in [1.165, 1.54) is 6.33 Å². The smallest absolute Gasteiger partial charge is 0.240 e. The van der Waals surface area contributed by atoms with Crippen LogP contribution in [0.5, 0.6) is 0 Å². The van der Waals surface area contributed by atoms with E-state index in [1.54, 1.807) is 0 Å². The summed E-state index contributed by atoms with van der Waals surface area (Å²) in [5.41, 5.74) is 11.4. The normalized spacial score (nSPS) is 21.8. The zero-order valence-electron chi connectivity index (χ0n) is 17.4. The lowest BCUT2D eigenvalue weighted by Gasteiger charge is -2.30. The molecule has 0 atom stereocenters. The number of hydrogen-bond donors (Lipinski definition) is 3. The van der Waals surface area contributed by atoms with E-state index in [9.17, 15) is 0 Å². The predicted molar refractivity (Wildman–Crippen MR) is 113 cm³/mol. The first-order valence-corrected chi connectivity index (χ1v) is 10.7. The first-order valence-electron chi connectivity index (χ1n) is 10.7. The van der Waals surface area contributed by atoms with Gasteiger partial charge in [-0.05, 0) is 0 Å². The zero-order chi connectivity index (χ0) is 20.9. The zero-order valence-corrected chi connectivity index (χ0v) is 17.4. The van der Waals surface area contributed by atoms with Gasteiger partial charge in [0.1, 0.15) is 17.4 Å². The van der Waals surface area contributed by atoms with Crippen molar-refractivity contribution in [2.24, 2.45) is 0 Å². The molecule has 0 saturated carbocycles. The molecule has 0 amide bonds. The molecule has 0 spiro atoms. The Morgan fingerprint density at radius 2 is 1.10 bits per heavy atom. The van der Waals surface area contributed by atoms with Gasteiger partial charge in [-0.25, -0.2) is 30.0 Å². The van der Waals surface area contributed by atoms with Crippen LogP contribution in [0.1, 0.15) is 0 Å². The topological polar surface area (TPSA) is 125 Å². The van der Waals surface area contributed by atoms with Gasteiger partial charge in [0.15, 0.2) is 11.6 Å². The highest BCUT2D eigenvalue weighted by Crippen LogP contribution is 2.26. The Morgan fingerprint density at radius 3 is 1.68 bits per heavy atom. The molecular weight excluding hydrogens is 404 g/mol. The van der Waals surface area contributed by atoms with Crippen molar-refractivity contribution in [2.75, 3.05) is 95.2 Å². The van der Waals surface area contributed by atoms with Crippen LogP contribution >= 0.6 is 0 Å². The van der Waals surface area contributed by atoms with Gasteiger partial charge in [-0.2, -0.15) is 4.98 Å². The maximum Gasteiger partial charge on any atom is 0.240 e. The van der Waals surface area contributed by atoms with Gasteiger partial charge in [0.05, 0.1) is 39.6 Å². The number of hydrazine groups is 3. The Labute approximate surface area is 180 Å². The lowest BCUT2D eigenvalue weighted by molar-refractivity contribution is 0.0488. The molecular formula is C18H28N10O3. The Balaban J connectivity index is 1.46. The summed E-state index contributed by atoms with van der Waals surface area (Å²) >= 11 is 0. The van der Waals surface area contributed by atoms with Crippen LogP contribution in [0.4, 0.5) is 17.6 Å². The van der Waals surface area contributed by atoms with E-state index in [2.05, 4.69) is 41.3 Å². The minimum Gasteiger partial charge on any atom is -0.379 e. The molecule has 13 nitrogen and oxygen atoms in total. The lowest BCUT2D eigenvalue weighted by atomic mass is 10.3. The van der Waals surface area contributed by atoms with Gasteiger partial charge in [0.2, 0.25) is 5.95 Å². The fourth-order valence-corrected chi connectivity index (χ4v) is 3.62. The van der Waals surface area contributed by atoms with E-state index < -0.39 is 0 Å². The molecule has 2 aromatic heterocycles. The van der Waals surface area contributed by atoms with Gasteiger partial charge < -0.3 is 25.1 Å². The summed E-state index contributed by atoms with van der Waals surface area (Å²) in [5, 5.41) is 6.22. The molecule has 3 aliphatic rings. The van der Waals surface area contributed by atoms with Crippen LogP contribution in [0.25, 0.3) is 11.0 Å². The largest absolute Gasteiger partial charge is 0.379 e. The van der Waals surface area contributed by atoms with E-state index in [-0.39, 0.29) is 0 Å². The third kappa shape index (κ3) is 5.08. The summed E-state index contributed by atoms with van der Waals surface area (Å²) in [4.78, 5) is 18.4. The van der Waals surface area contributed by atoms with Gasteiger partial charge in [-0.3, -0.25) is 5.43 Å². The van der Waals surface area contributed by atoms with Gasteiger partial charge in [0.25, 0.3) is 0 Å². The number of nitrogens with zero attached hydrogens (tertiary/aromatic N) is 7. The molecule has 13 heteroatoms. The summed E-state index contributed by atoms with van der Waals surface area (Å²) in [6.07, 6.45) is 1.54. The number of aromatic nitrogens is 4. The van der Waals surface area contributed by atoms with Crippen molar-refractivity contribution >= 4 is 28.6 Å². The molecule has 5 heterocycles. The molecule has 0 aliphatic carbocycles. The molecule has 0 bridgehead atoms. The summed E-state index contributed by atoms with van der Waals surface area (Å²) in [6.45, 7) is 8.65. The second kappa shape index (κ2) is 9.80. The lowest BCUT2D eigenvalue weighted by Crippen LogP contribution is -2.42. The Hall–Kier alpha value is -2.42. The molecule has 3 aliphatic heterocycles. The molecule has 3 fully saturated rings. The van der Waals surface area contributed by atoms with Crippen molar-refractivity contribution in [1.29, 1.82) is 0 Å². The minimum atomic E-state index is 0.491. The van der Waals surface area contributed by atoms with Gasteiger partial charge in [-0.1, -0.05) is 0 Å². The molecule has 168 valence electrons. The second-order valence-electron chi connectivity index (χ2n) is 7.45. The standard InChI is InChI=1S/C18H28N10O3/c1-7-29-8-2-26(1)23-16-15-14(19-13-20-16)17(24-27-3-9-30-10-4-27)22-18(21-15)25-28-5-11-31-12-6-28/h13H,1-12H2,(H,19,20,23)(H2,21,22,24,25). The monoisotopic (exact) mass is 432 g/mol. The molecule has 2 aromatic rings. The molecule has 0 aromatic carbocycles. The maximum atomic E-state index is 5.46. The summed E-state index contributed by atoms with van der Waals surface area (Å²) in [7, 11) is 0. The number of ether oxygens (including phenoxy) is 3. The highest BCUT2D eigenvalue weighted by molar-refractivity contribution is 5.92. The van der Waals surface area contributed by atoms with Gasteiger partial charge in [0, 0.05) is 39.3 Å². The number of hydrogen-bond acceptors (Lipinski definition) is 13.